The summed E-state index contributed by atoms with van der Waals surface area (Å²) in [5.41, 5.74) is -1.10. The van der Waals surface area contributed by atoms with E-state index in [0.29, 0.717) is 11.0 Å². The molecule has 0 radical (unpaired) electrons. The minimum Gasteiger partial charge on any atom is -0.453 e. The van der Waals surface area contributed by atoms with Crippen molar-refractivity contribution in [2.45, 2.75) is 44.8 Å². The lowest BCUT2D eigenvalue weighted by atomic mass is 9.94. The normalized spacial score (nSPS) is 27.5. The Morgan fingerprint density at radius 1 is 1.30 bits per heavy atom. The molecular formula is C16H15ClIN3O6. The van der Waals surface area contributed by atoms with Crippen LogP contribution in [0.5, 0.6) is 0 Å². The van der Waals surface area contributed by atoms with Crippen LogP contribution in [0.1, 0.15) is 27.0 Å². The molecule has 1 aliphatic rings. The van der Waals surface area contributed by atoms with Crippen molar-refractivity contribution in [1.82, 2.24) is 14.5 Å². The van der Waals surface area contributed by atoms with Gasteiger partial charge in [-0.1, -0.05) is 11.6 Å². The Bertz CT molecular complexity index is 934. The smallest absolute Gasteiger partial charge is 0.303 e. The van der Waals surface area contributed by atoms with Gasteiger partial charge in [0.25, 0.3) is 0 Å². The maximum Gasteiger partial charge on any atom is 0.303 e. The van der Waals surface area contributed by atoms with Crippen molar-refractivity contribution in [3.8, 4) is 0 Å². The van der Waals surface area contributed by atoms with Gasteiger partial charge in [0.2, 0.25) is 3.79 Å². The lowest BCUT2D eigenvalue weighted by molar-refractivity contribution is -0.180. The van der Waals surface area contributed by atoms with Gasteiger partial charge in [0.05, 0.1) is 5.39 Å². The third-order valence-corrected chi connectivity index (χ3v) is 5.08. The summed E-state index contributed by atoms with van der Waals surface area (Å²) in [5, 5.41) is 0.799. The summed E-state index contributed by atoms with van der Waals surface area (Å²) in [4.78, 5) is 43.7. The highest BCUT2D eigenvalue weighted by molar-refractivity contribution is 14.1. The predicted molar refractivity (Wildman–Crippen MR) is 101 cm³/mol. The molecule has 2 aromatic rings. The van der Waals surface area contributed by atoms with E-state index < -0.39 is 39.8 Å². The Morgan fingerprint density at radius 3 is 2.59 bits per heavy atom. The lowest BCUT2D eigenvalue weighted by Gasteiger charge is -2.32. The van der Waals surface area contributed by atoms with Crippen LogP contribution < -0.4 is 0 Å². The number of halogens is 2. The van der Waals surface area contributed by atoms with Crippen LogP contribution in [0.4, 0.5) is 0 Å². The molecule has 0 saturated carbocycles. The summed E-state index contributed by atoms with van der Waals surface area (Å²) in [6, 6.07) is 1.67. The molecule has 1 saturated heterocycles. The molecule has 0 N–H and O–H groups in total. The minimum atomic E-state index is -1.52. The highest BCUT2D eigenvalue weighted by Gasteiger charge is 2.61. The SMILES string of the molecule is CC(=O)O[C@H]1[C@H](n2ccc3c(Cl)ncnc32)O[C@H](C(=O)I)[C@@]1(C)OC(C)=O. The van der Waals surface area contributed by atoms with E-state index in [1.165, 1.54) is 27.1 Å². The maximum atomic E-state index is 12.2. The molecule has 11 heteroatoms. The average molecular weight is 508 g/mol. The molecule has 3 heterocycles. The molecule has 0 aliphatic carbocycles. The number of esters is 2. The molecule has 2 aromatic heterocycles. The van der Waals surface area contributed by atoms with Gasteiger partial charge in [-0.25, -0.2) is 9.97 Å². The molecule has 144 valence electrons. The van der Waals surface area contributed by atoms with Crippen molar-refractivity contribution in [3.63, 3.8) is 0 Å². The van der Waals surface area contributed by atoms with Crippen molar-refractivity contribution in [2.75, 3.05) is 0 Å². The van der Waals surface area contributed by atoms with Gasteiger partial charge in [0.15, 0.2) is 24.0 Å². The lowest BCUT2D eigenvalue weighted by Crippen LogP contribution is -2.51. The largest absolute Gasteiger partial charge is 0.453 e. The van der Waals surface area contributed by atoms with Crippen LogP contribution >= 0.6 is 34.2 Å². The van der Waals surface area contributed by atoms with Crippen molar-refractivity contribution in [3.05, 3.63) is 23.7 Å². The van der Waals surface area contributed by atoms with Gasteiger partial charge >= 0.3 is 11.9 Å². The maximum absolute atomic E-state index is 12.2. The molecule has 0 spiro atoms. The summed E-state index contributed by atoms with van der Waals surface area (Å²) in [6.45, 7) is 3.92. The molecule has 0 aromatic carbocycles. The van der Waals surface area contributed by atoms with Gasteiger partial charge in [-0.15, -0.1) is 0 Å². The molecule has 1 aliphatic heterocycles. The minimum absolute atomic E-state index is 0.241. The predicted octanol–water partition coefficient (Wildman–Crippen LogP) is 2.20. The van der Waals surface area contributed by atoms with Crippen LogP contribution in [0.25, 0.3) is 11.0 Å². The number of aromatic nitrogens is 3. The van der Waals surface area contributed by atoms with Crippen LogP contribution in [0, 0.1) is 0 Å². The molecule has 0 amide bonds. The fourth-order valence-electron chi connectivity index (χ4n) is 3.19. The Kier molecular flexibility index (Phi) is 5.41. The van der Waals surface area contributed by atoms with E-state index in [0.717, 1.165) is 0 Å². The molecule has 0 bridgehead atoms. The number of nitrogens with zero attached hydrogens (tertiary/aromatic N) is 3. The fraction of sp³-hybridized carbons (Fsp3) is 0.438. The molecule has 4 atom stereocenters. The summed E-state index contributed by atoms with van der Waals surface area (Å²) >= 11 is 7.65. The second-order valence-electron chi connectivity index (χ2n) is 6.14. The Balaban J connectivity index is 2.15. The standard InChI is InChI=1S/C16H15ClIN3O6/c1-7(22)25-11-15(21-5-4-9-12(17)19-6-20-14(9)21)26-10(13(18)24)16(11,3)27-8(2)23/h4-6,10-11,15H,1-3H3/t10-,11+,15-,16-/m1/s1. The first-order valence-corrected chi connectivity index (χ1v) is 9.29. The first-order chi connectivity index (χ1) is 12.6. The van der Waals surface area contributed by atoms with Gasteiger partial charge in [0, 0.05) is 42.6 Å². The number of hydrogen-bond acceptors (Lipinski definition) is 8. The van der Waals surface area contributed by atoms with E-state index in [4.69, 9.17) is 25.8 Å². The Morgan fingerprint density at radius 2 is 2.00 bits per heavy atom. The van der Waals surface area contributed by atoms with E-state index in [1.54, 1.807) is 39.4 Å². The van der Waals surface area contributed by atoms with Crippen LogP contribution in [-0.4, -0.2) is 48.1 Å². The summed E-state index contributed by atoms with van der Waals surface area (Å²) < 4.78 is 17.9. The summed E-state index contributed by atoms with van der Waals surface area (Å²) in [5.74, 6) is -1.25. The van der Waals surface area contributed by atoms with Crippen molar-refractivity contribution in [2.24, 2.45) is 0 Å². The monoisotopic (exact) mass is 507 g/mol. The van der Waals surface area contributed by atoms with E-state index in [-0.39, 0.29) is 5.15 Å². The Hall–Kier alpha value is -1.79. The summed E-state index contributed by atoms with van der Waals surface area (Å²) in [7, 11) is 0. The van der Waals surface area contributed by atoms with Crippen molar-refractivity contribution in [1.29, 1.82) is 0 Å². The molecule has 9 nitrogen and oxygen atoms in total. The summed E-state index contributed by atoms with van der Waals surface area (Å²) in [6.07, 6.45) is -0.299. The van der Waals surface area contributed by atoms with Gasteiger partial charge in [-0.3, -0.25) is 14.4 Å². The average Bonchev–Trinajstić information content (AvgIpc) is 3.08. The molecular weight excluding hydrogens is 493 g/mol. The third-order valence-electron chi connectivity index (χ3n) is 4.22. The number of fused-ring (bicyclic) bond motifs is 1. The van der Waals surface area contributed by atoms with Crippen LogP contribution in [0.2, 0.25) is 5.15 Å². The second kappa shape index (κ2) is 7.32. The van der Waals surface area contributed by atoms with Crippen LogP contribution in [0.3, 0.4) is 0 Å². The number of rotatable bonds is 4. The van der Waals surface area contributed by atoms with Crippen molar-refractivity contribution >= 4 is 61.0 Å². The van der Waals surface area contributed by atoms with Gasteiger partial charge in [0.1, 0.15) is 17.1 Å². The first-order valence-electron chi connectivity index (χ1n) is 7.83. The molecule has 3 rings (SSSR count). The number of hydrogen-bond donors (Lipinski definition) is 0. The second-order valence-corrected chi connectivity index (χ2v) is 7.56. The zero-order valence-corrected chi connectivity index (χ0v) is 17.4. The van der Waals surface area contributed by atoms with Gasteiger partial charge < -0.3 is 18.8 Å². The zero-order chi connectivity index (χ0) is 19.9. The molecule has 1 fully saturated rings. The van der Waals surface area contributed by atoms with E-state index in [1.807, 2.05) is 0 Å². The number of ether oxygens (including phenoxy) is 3. The van der Waals surface area contributed by atoms with Crippen molar-refractivity contribution < 1.29 is 28.6 Å². The zero-order valence-electron chi connectivity index (χ0n) is 14.5. The topological polar surface area (TPSA) is 110 Å². The quantitative estimate of drug-likeness (QED) is 0.268. The van der Waals surface area contributed by atoms with E-state index >= 15 is 0 Å². The number of carbonyl (C=O) groups is 3. The molecule has 27 heavy (non-hydrogen) atoms. The highest BCUT2D eigenvalue weighted by Crippen LogP contribution is 2.44. The van der Waals surface area contributed by atoms with E-state index in [2.05, 4.69) is 9.97 Å². The van der Waals surface area contributed by atoms with Gasteiger partial charge in [-0.2, -0.15) is 0 Å². The first kappa shape index (κ1) is 20.0. The van der Waals surface area contributed by atoms with Gasteiger partial charge in [-0.05, 0) is 13.0 Å². The van der Waals surface area contributed by atoms with Crippen LogP contribution in [-0.2, 0) is 28.6 Å². The third kappa shape index (κ3) is 3.52. The Labute approximate surface area is 172 Å². The van der Waals surface area contributed by atoms with Crippen LogP contribution in [0.15, 0.2) is 18.6 Å². The van der Waals surface area contributed by atoms with E-state index in [9.17, 15) is 14.4 Å². The highest BCUT2D eigenvalue weighted by atomic mass is 127. The molecule has 0 unspecified atom stereocenters. The fourth-order valence-corrected chi connectivity index (χ4v) is 4.15. The number of carbonyl (C=O) groups excluding carboxylic acids is 3.